The van der Waals surface area contributed by atoms with Crippen molar-refractivity contribution in [3.05, 3.63) is 80.0 Å². The third-order valence-corrected chi connectivity index (χ3v) is 5.97. The van der Waals surface area contributed by atoms with Crippen molar-refractivity contribution >= 4 is 11.0 Å². The van der Waals surface area contributed by atoms with Gasteiger partial charge in [-0.05, 0) is 56.5 Å². The molecule has 2 aliphatic rings. The number of benzene rings is 2. The predicted octanol–water partition coefficient (Wildman–Crippen LogP) is 3.58. The van der Waals surface area contributed by atoms with Crippen LogP contribution in [-0.4, -0.2) is 37.9 Å². The predicted molar refractivity (Wildman–Crippen MR) is 126 cm³/mol. The number of aromatic amines is 1. The van der Waals surface area contributed by atoms with Crippen molar-refractivity contribution in [3.8, 4) is 11.5 Å². The van der Waals surface area contributed by atoms with Crippen LogP contribution in [0.4, 0.5) is 4.39 Å². The van der Waals surface area contributed by atoms with Gasteiger partial charge in [-0.25, -0.2) is 14.2 Å². The van der Waals surface area contributed by atoms with Crippen LogP contribution in [0, 0.1) is 13.8 Å². The molecule has 0 aromatic heterocycles. The van der Waals surface area contributed by atoms with Gasteiger partial charge < -0.3 is 9.30 Å². The molecular formula is C25H27FN4O3. The van der Waals surface area contributed by atoms with Crippen molar-refractivity contribution in [2.45, 2.75) is 59.0 Å². The number of aryl methyl sites for hydroxylation is 2. The van der Waals surface area contributed by atoms with Crippen LogP contribution in [0.15, 0.2) is 52.1 Å². The van der Waals surface area contributed by atoms with Crippen LogP contribution in [0.1, 0.15) is 30.5 Å². The zero-order chi connectivity index (χ0) is 23.7. The quantitative estimate of drug-likeness (QED) is 0.435. The Morgan fingerprint density at radius 3 is 2.45 bits per heavy atom. The molecule has 2 aromatic carbocycles. The minimum Gasteiger partial charge on any atom is -0.370 e. The number of aromatic nitrogens is 4. The maximum absolute atomic E-state index is 14.0. The van der Waals surface area contributed by atoms with Crippen molar-refractivity contribution in [1.82, 2.24) is 19.5 Å². The monoisotopic (exact) mass is 450 g/mol. The second kappa shape index (κ2) is 9.23. The van der Waals surface area contributed by atoms with Crippen molar-refractivity contribution in [2.75, 3.05) is 0 Å². The first kappa shape index (κ1) is 22.8. The number of fused-ring (bicyclic) bond motifs is 2. The summed E-state index contributed by atoms with van der Waals surface area (Å²) >= 11 is 0. The lowest BCUT2D eigenvalue weighted by atomic mass is 10.1. The number of rotatable bonds is 7. The molecule has 4 rings (SSSR count). The van der Waals surface area contributed by atoms with Gasteiger partial charge in [0.1, 0.15) is 6.17 Å². The Hall–Kier alpha value is -3.39. The van der Waals surface area contributed by atoms with Gasteiger partial charge in [0, 0.05) is 6.42 Å². The van der Waals surface area contributed by atoms with Crippen molar-refractivity contribution in [1.29, 1.82) is 0 Å². The highest BCUT2D eigenvalue weighted by Gasteiger charge is 2.24. The standard InChI is InChI=1S/C25H27FN4O3/c1-14-10-20-21(11-15(14)2)30(23-22(27-20)24(31)29-25(32)28-23)13-19(33-17(4)16(3)26)12-18-8-6-5-7-9-18/h5-11,16-17,19H,12-13H2,1-4H3,(H,29,31,32)/t16-,17?,19?/m0/s1. The van der Waals surface area contributed by atoms with E-state index in [2.05, 4.69) is 15.0 Å². The normalized spacial score (nSPS) is 14.5. The van der Waals surface area contributed by atoms with Crippen LogP contribution in [0.3, 0.4) is 0 Å². The maximum Gasteiger partial charge on any atom is 0.349 e. The largest absolute Gasteiger partial charge is 0.370 e. The summed E-state index contributed by atoms with van der Waals surface area (Å²) in [7, 11) is 0. The van der Waals surface area contributed by atoms with Crippen LogP contribution in [0.5, 0.6) is 0 Å². The molecule has 2 heterocycles. The summed E-state index contributed by atoms with van der Waals surface area (Å²) in [5.41, 5.74) is 3.19. The number of H-pyrrole nitrogens is 1. The molecular weight excluding hydrogens is 423 g/mol. The van der Waals surface area contributed by atoms with Gasteiger partial charge in [0.2, 0.25) is 0 Å². The highest BCUT2D eigenvalue weighted by atomic mass is 19.1. The van der Waals surface area contributed by atoms with Gasteiger partial charge in [0.25, 0.3) is 5.56 Å². The number of nitrogens with one attached hydrogen (secondary N) is 1. The second-order valence-corrected chi connectivity index (χ2v) is 8.52. The van der Waals surface area contributed by atoms with Gasteiger partial charge in [0.05, 0.1) is 29.8 Å². The Bertz CT molecular complexity index is 1360. The van der Waals surface area contributed by atoms with Crippen LogP contribution >= 0.6 is 0 Å². The SMILES string of the molecule is Cc1cc2nc3c(=O)[nH]c(=O)nc-3n(CC(Cc3ccccc3)OC(C)[C@H](C)F)c2cc1C. The summed E-state index contributed by atoms with van der Waals surface area (Å²) < 4.78 is 21.9. The Kier molecular flexibility index (Phi) is 6.37. The molecule has 0 saturated heterocycles. The molecule has 33 heavy (non-hydrogen) atoms. The lowest BCUT2D eigenvalue weighted by Crippen LogP contribution is -2.34. The smallest absolute Gasteiger partial charge is 0.349 e. The fraction of sp³-hybridized carbons (Fsp3) is 0.360. The third kappa shape index (κ3) is 4.85. The molecule has 2 aromatic rings. The molecule has 7 nitrogen and oxygen atoms in total. The molecule has 0 radical (unpaired) electrons. The first-order chi connectivity index (χ1) is 15.7. The van der Waals surface area contributed by atoms with Crippen molar-refractivity contribution in [2.24, 2.45) is 0 Å². The van der Waals surface area contributed by atoms with Crippen LogP contribution in [0.25, 0.3) is 22.6 Å². The zero-order valence-corrected chi connectivity index (χ0v) is 19.1. The Morgan fingerprint density at radius 1 is 1.06 bits per heavy atom. The fourth-order valence-electron chi connectivity index (χ4n) is 3.88. The minimum absolute atomic E-state index is 0.0794. The topological polar surface area (TPSA) is 89.9 Å². The summed E-state index contributed by atoms with van der Waals surface area (Å²) in [6.07, 6.45) is -1.70. The van der Waals surface area contributed by atoms with E-state index >= 15 is 0 Å². The number of hydrogen-bond acceptors (Lipinski definition) is 5. The van der Waals surface area contributed by atoms with Gasteiger partial charge in [-0.1, -0.05) is 30.3 Å². The van der Waals surface area contributed by atoms with E-state index in [9.17, 15) is 14.0 Å². The van der Waals surface area contributed by atoms with E-state index in [1.165, 1.54) is 6.92 Å². The molecule has 0 aliphatic carbocycles. The average molecular weight is 451 g/mol. The summed E-state index contributed by atoms with van der Waals surface area (Å²) in [5, 5.41) is 0. The summed E-state index contributed by atoms with van der Waals surface area (Å²) in [6.45, 7) is 7.38. The lowest BCUT2D eigenvalue weighted by Gasteiger charge is -2.27. The van der Waals surface area contributed by atoms with E-state index in [4.69, 9.17) is 4.74 Å². The zero-order valence-electron chi connectivity index (χ0n) is 19.1. The Labute approximate surface area is 190 Å². The average Bonchev–Trinajstić information content (AvgIpc) is 2.76. The number of hydrogen-bond donors (Lipinski definition) is 1. The Morgan fingerprint density at radius 2 is 1.76 bits per heavy atom. The van der Waals surface area contributed by atoms with Crippen LogP contribution < -0.4 is 11.2 Å². The summed E-state index contributed by atoms with van der Waals surface area (Å²) in [4.78, 5) is 35.4. The molecule has 0 amide bonds. The first-order valence-corrected chi connectivity index (χ1v) is 11.0. The van der Waals surface area contributed by atoms with Crippen molar-refractivity contribution < 1.29 is 9.13 Å². The second-order valence-electron chi connectivity index (χ2n) is 8.52. The highest BCUT2D eigenvalue weighted by molar-refractivity contribution is 5.81. The van der Waals surface area contributed by atoms with E-state index in [1.807, 2.05) is 56.3 Å². The third-order valence-electron chi connectivity index (χ3n) is 5.97. The van der Waals surface area contributed by atoms with E-state index in [1.54, 1.807) is 11.5 Å². The Balaban J connectivity index is 1.89. The lowest BCUT2D eigenvalue weighted by molar-refractivity contribution is -0.0432. The molecule has 1 N–H and O–H groups in total. The van der Waals surface area contributed by atoms with Gasteiger partial charge in [0.15, 0.2) is 11.5 Å². The molecule has 8 heteroatoms. The highest BCUT2D eigenvalue weighted by Crippen LogP contribution is 2.25. The molecule has 172 valence electrons. The summed E-state index contributed by atoms with van der Waals surface area (Å²) in [5.74, 6) is 0.183. The van der Waals surface area contributed by atoms with Gasteiger partial charge in [-0.15, -0.1) is 0 Å². The molecule has 2 unspecified atom stereocenters. The van der Waals surface area contributed by atoms with Crippen LogP contribution in [-0.2, 0) is 17.7 Å². The number of nitrogens with zero attached hydrogens (tertiary/aromatic N) is 3. The van der Waals surface area contributed by atoms with E-state index in [0.29, 0.717) is 11.9 Å². The van der Waals surface area contributed by atoms with E-state index < -0.39 is 29.6 Å². The molecule has 0 bridgehead atoms. The maximum atomic E-state index is 14.0. The molecule has 3 atom stereocenters. The van der Waals surface area contributed by atoms with Gasteiger partial charge in [-0.2, -0.15) is 4.98 Å². The first-order valence-electron chi connectivity index (χ1n) is 11.0. The minimum atomic E-state index is -1.15. The van der Waals surface area contributed by atoms with E-state index in [0.717, 1.165) is 22.2 Å². The van der Waals surface area contributed by atoms with Gasteiger partial charge >= 0.3 is 5.69 Å². The molecule has 2 aliphatic heterocycles. The summed E-state index contributed by atoms with van der Waals surface area (Å²) in [6, 6.07) is 13.7. The van der Waals surface area contributed by atoms with E-state index in [-0.39, 0.29) is 18.1 Å². The number of halogens is 1. The molecule has 0 saturated carbocycles. The van der Waals surface area contributed by atoms with Gasteiger partial charge in [-0.3, -0.25) is 9.78 Å². The van der Waals surface area contributed by atoms with Crippen molar-refractivity contribution in [3.63, 3.8) is 0 Å². The molecule has 0 spiro atoms. The van der Waals surface area contributed by atoms with Crippen LogP contribution in [0.2, 0.25) is 0 Å². The molecule has 0 fully saturated rings. The number of ether oxygens (including phenoxy) is 1. The number of alkyl halides is 1. The fourth-order valence-corrected chi connectivity index (χ4v) is 3.88.